The third-order valence-corrected chi connectivity index (χ3v) is 8.91. The number of nitrogens with zero attached hydrogens (tertiary/aromatic N) is 6. The molecule has 1 atom stereocenters. The summed E-state index contributed by atoms with van der Waals surface area (Å²) in [6.07, 6.45) is 2.31. The molecule has 0 spiro atoms. The molecule has 0 amide bonds. The Bertz CT molecular complexity index is 1620. The zero-order valence-corrected chi connectivity index (χ0v) is 26.9. The average molecular weight is 649 g/mol. The lowest BCUT2D eigenvalue weighted by Crippen LogP contribution is -2.36. The molecule has 8 heteroatoms. The highest BCUT2D eigenvalue weighted by atomic mass is 79.9. The van der Waals surface area contributed by atoms with Gasteiger partial charge in [-0.05, 0) is 77.1 Å². The summed E-state index contributed by atoms with van der Waals surface area (Å²) in [5.74, 6) is 1.69. The van der Waals surface area contributed by atoms with Gasteiger partial charge in [0.1, 0.15) is 16.1 Å². The van der Waals surface area contributed by atoms with Crippen LogP contribution in [0.4, 0.5) is 11.5 Å². The van der Waals surface area contributed by atoms with E-state index < -0.39 is 0 Å². The lowest BCUT2D eigenvalue weighted by Gasteiger charge is -2.36. The topological polar surface area (TPSA) is 70.1 Å². The zero-order chi connectivity index (χ0) is 30.3. The molecule has 5 aromatic rings. The highest BCUT2D eigenvalue weighted by molar-refractivity contribution is 9.10. The minimum atomic E-state index is 0.336. The quantitative estimate of drug-likeness (QED) is 0.168. The fraction of sp³-hybridized carbons (Fsp3) is 0.278. The van der Waals surface area contributed by atoms with E-state index >= 15 is 0 Å². The van der Waals surface area contributed by atoms with E-state index in [1.807, 2.05) is 50.5 Å². The maximum atomic E-state index is 4.52. The second-order valence-corrected chi connectivity index (χ2v) is 12.5. The van der Waals surface area contributed by atoms with Crippen molar-refractivity contribution in [3.05, 3.63) is 119 Å². The van der Waals surface area contributed by atoms with Crippen molar-refractivity contribution in [3.63, 3.8) is 0 Å². The van der Waals surface area contributed by atoms with Crippen LogP contribution in [0.2, 0.25) is 0 Å². The Morgan fingerprint density at radius 3 is 2.16 bits per heavy atom. The number of hydrogen-bond donors (Lipinski definition) is 1. The average Bonchev–Trinajstić information content (AvgIpc) is 3.07. The van der Waals surface area contributed by atoms with Gasteiger partial charge in [-0.1, -0.05) is 84.9 Å². The summed E-state index contributed by atoms with van der Waals surface area (Å²) in [6, 6.07) is 36.0. The highest BCUT2D eigenvalue weighted by Gasteiger charge is 2.28. The number of rotatable bonds is 10. The molecule has 1 fully saturated rings. The number of anilines is 2. The Hall–Kier alpha value is -4.14. The number of piperidine rings is 1. The summed E-state index contributed by atoms with van der Waals surface area (Å²) < 4.78 is 0.728. The van der Waals surface area contributed by atoms with Crippen LogP contribution >= 0.6 is 15.9 Å². The molecular weight excluding hydrogens is 610 g/mol. The second kappa shape index (κ2) is 14.1. The third-order valence-electron chi connectivity index (χ3n) is 8.53. The molecule has 0 aliphatic carbocycles. The van der Waals surface area contributed by atoms with E-state index in [1.54, 1.807) is 0 Å². The van der Waals surface area contributed by atoms with Crippen LogP contribution in [0.1, 0.15) is 29.9 Å². The van der Waals surface area contributed by atoms with Gasteiger partial charge in [-0.3, -0.25) is 4.90 Å². The van der Waals surface area contributed by atoms with Gasteiger partial charge in [0.05, 0.1) is 11.4 Å². The number of hydrogen-bond acceptors (Lipinski definition) is 7. The second-order valence-electron chi connectivity index (χ2n) is 11.7. The monoisotopic (exact) mass is 647 g/mol. The van der Waals surface area contributed by atoms with Crippen molar-refractivity contribution in [2.75, 3.05) is 43.9 Å². The minimum absolute atomic E-state index is 0.336. The summed E-state index contributed by atoms with van der Waals surface area (Å²) >= 11 is 3.47. The summed E-state index contributed by atoms with van der Waals surface area (Å²) in [6.45, 7) is 4.00. The molecule has 44 heavy (non-hydrogen) atoms. The van der Waals surface area contributed by atoms with Crippen molar-refractivity contribution in [1.82, 2.24) is 25.3 Å². The van der Waals surface area contributed by atoms with Crippen molar-refractivity contribution in [2.45, 2.75) is 25.3 Å². The maximum absolute atomic E-state index is 4.52. The van der Waals surface area contributed by atoms with Crippen LogP contribution < -0.4 is 10.2 Å². The number of halogens is 1. The normalized spacial score (nSPS) is 14.7. The van der Waals surface area contributed by atoms with E-state index in [4.69, 9.17) is 0 Å². The van der Waals surface area contributed by atoms with Crippen LogP contribution in [-0.4, -0.2) is 59.0 Å². The molecule has 0 saturated carbocycles. The molecule has 1 aliphatic rings. The van der Waals surface area contributed by atoms with Crippen molar-refractivity contribution in [1.29, 1.82) is 0 Å². The van der Waals surface area contributed by atoms with Gasteiger partial charge in [0.15, 0.2) is 0 Å². The zero-order valence-electron chi connectivity index (χ0n) is 25.3. The molecule has 1 aliphatic heterocycles. The molecule has 2 aromatic heterocycles. The summed E-state index contributed by atoms with van der Waals surface area (Å²) in [4.78, 5) is 4.66. The van der Waals surface area contributed by atoms with Crippen molar-refractivity contribution >= 4 is 27.4 Å². The Labute approximate surface area is 268 Å². The minimum Gasteiger partial charge on any atom is -0.376 e. The van der Waals surface area contributed by atoms with Gasteiger partial charge in [-0.15, -0.1) is 20.4 Å². The molecule has 1 saturated heterocycles. The van der Waals surface area contributed by atoms with Crippen LogP contribution in [0.15, 0.2) is 108 Å². The van der Waals surface area contributed by atoms with Gasteiger partial charge in [-0.25, -0.2) is 0 Å². The number of benzene rings is 3. The van der Waals surface area contributed by atoms with Crippen molar-refractivity contribution < 1.29 is 0 Å². The summed E-state index contributed by atoms with van der Waals surface area (Å²) in [5, 5.41) is 21.4. The number of likely N-dealkylation sites (tertiary alicyclic amines) is 1. The molecule has 6 rings (SSSR count). The fourth-order valence-corrected chi connectivity index (χ4v) is 6.41. The first-order chi connectivity index (χ1) is 21.5. The van der Waals surface area contributed by atoms with Crippen LogP contribution in [0.5, 0.6) is 0 Å². The smallest absolute Gasteiger partial charge is 0.148 e. The van der Waals surface area contributed by atoms with Crippen LogP contribution in [0.3, 0.4) is 0 Å². The summed E-state index contributed by atoms with van der Waals surface area (Å²) in [7, 11) is 4.06. The molecule has 1 N–H and O–H groups in total. The highest BCUT2D eigenvalue weighted by Crippen LogP contribution is 2.36. The SMILES string of the molecule is CN(C)c1cc(Br)nnc1-c1ccc(C(CNc2ccc(-c3ccccc3)nn2)C2CCN(Cc3ccccc3)CC2)cc1. The van der Waals surface area contributed by atoms with Crippen LogP contribution in [-0.2, 0) is 6.54 Å². The number of nitrogens with one attached hydrogen (secondary N) is 1. The first-order valence-electron chi connectivity index (χ1n) is 15.2. The molecule has 3 heterocycles. The third kappa shape index (κ3) is 7.31. The molecule has 0 radical (unpaired) electrons. The fourth-order valence-electron chi connectivity index (χ4n) is 6.11. The van der Waals surface area contributed by atoms with E-state index in [0.717, 1.165) is 77.6 Å². The number of aromatic nitrogens is 4. The summed E-state index contributed by atoms with van der Waals surface area (Å²) in [5.41, 5.74) is 7.62. The predicted octanol–water partition coefficient (Wildman–Crippen LogP) is 7.54. The Morgan fingerprint density at radius 2 is 1.50 bits per heavy atom. The van der Waals surface area contributed by atoms with Gasteiger partial charge in [0.25, 0.3) is 0 Å². The van der Waals surface area contributed by atoms with E-state index in [-0.39, 0.29) is 0 Å². The molecule has 224 valence electrons. The van der Waals surface area contributed by atoms with Gasteiger partial charge in [0, 0.05) is 44.2 Å². The van der Waals surface area contributed by atoms with Crippen molar-refractivity contribution in [3.8, 4) is 22.5 Å². The van der Waals surface area contributed by atoms with E-state index in [0.29, 0.717) is 11.8 Å². The molecule has 1 unspecified atom stereocenters. The Balaban J connectivity index is 1.20. The van der Waals surface area contributed by atoms with Gasteiger partial charge < -0.3 is 10.2 Å². The van der Waals surface area contributed by atoms with E-state index in [1.165, 1.54) is 11.1 Å². The predicted molar refractivity (Wildman–Crippen MR) is 183 cm³/mol. The van der Waals surface area contributed by atoms with E-state index in [9.17, 15) is 0 Å². The lowest BCUT2D eigenvalue weighted by molar-refractivity contribution is 0.163. The van der Waals surface area contributed by atoms with Gasteiger partial charge >= 0.3 is 0 Å². The molecular formula is C36H38BrN7. The molecule has 7 nitrogen and oxygen atoms in total. The Morgan fingerprint density at radius 1 is 0.795 bits per heavy atom. The maximum Gasteiger partial charge on any atom is 0.148 e. The lowest BCUT2D eigenvalue weighted by atomic mass is 9.79. The largest absolute Gasteiger partial charge is 0.376 e. The Kier molecular flexibility index (Phi) is 9.58. The van der Waals surface area contributed by atoms with Gasteiger partial charge in [0.2, 0.25) is 0 Å². The van der Waals surface area contributed by atoms with Crippen LogP contribution in [0.25, 0.3) is 22.5 Å². The van der Waals surface area contributed by atoms with Gasteiger partial charge in [-0.2, -0.15) is 0 Å². The first-order valence-corrected chi connectivity index (χ1v) is 16.0. The first kappa shape index (κ1) is 29.9. The molecule has 3 aromatic carbocycles. The molecule has 0 bridgehead atoms. The van der Waals surface area contributed by atoms with E-state index in [2.05, 4.69) is 118 Å². The van der Waals surface area contributed by atoms with Crippen molar-refractivity contribution in [2.24, 2.45) is 5.92 Å². The standard InChI is InChI=1S/C36H38BrN7/c1-43(2)33-23-34(37)40-42-36(33)30-15-13-27(14-16-30)31(28-19-21-44(22-20-28)25-26-9-5-3-6-10-26)24-38-35-18-17-32(39-41-35)29-11-7-4-8-12-29/h3-18,23,28,31H,19-22,24-25H2,1-2H3,(H,38,41). The van der Waals surface area contributed by atoms with Crippen LogP contribution in [0, 0.1) is 5.92 Å².